The number of ether oxygens (including phenoxy) is 2. The number of rotatable bonds is 9. The SMILES string of the molecule is COc1c(C(C)(C)C)cc(C(O)(c2cc(C(C)(C)C)c(OC)c(C(C)(C)C)c2)C(CC(C)C)N=Cc2cccc(F)c2O)cc1C(C)(C)C. The van der Waals surface area contributed by atoms with Gasteiger partial charge in [-0.1, -0.05) is 103 Å². The Bertz CT molecular complexity index is 1510. The standard InChI is InChI=1S/C43H62FNO4/c1-26(2)20-35(45-25-27-18-17-19-34(44)36(27)46)43(47,28-21-30(39(3,4)5)37(48-15)31(22-28)40(6,7)8)29-23-32(41(9,10)11)38(49-16)33(24-29)42(12,13)14/h17-19,21-26,35,46-47H,20H2,1-16H3. The average molecular weight is 676 g/mol. The molecule has 2 N–H and O–H groups in total. The van der Waals surface area contributed by atoms with Crippen molar-refractivity contribution in [3.05, 3.63) is 87.2 Å². The molecule has 270 valence electrons. The van der Waals surface area contributed by atoms with E-state index in [9.17, 15) is 14.6 Å². The largest absolute Gasteiger partial charge is 0.504 e. The van der Waals surface area contributed by atoms with Crippen molar-refractivity contribution in [1.29, 1.82) is 0 Å². The summed E-state index contributed by atoms with van der Waals surface area (Å²) >= 11 is 0. The summed E-state index contributed by atoms with van der Waals surface area (Å²) in [5, 5.41) is 24.4. The lowest BCUT2D eigenvalue weighted by molar-refractivity contribution is 0.0447. The smallest absolute Gasteiger partial charge is 0.165 e. The van der Waals surface area contributed by atoms with Crippen molar-refractivity contribution in [3.63, 3.8) is 0 Å². The zero-order chi connectivity index (χ0) is 37.5. The lowest BCUT2D eigenvalue weighted by atomic mass is 9.70. The highest BCUT2D eigenvalue weighted by atomic mass is 19.1. The highest BCUT2D eigenvalue weighted by Gasteiger charge is 2.44. The number of benzene rings is 3. The summed E-state index contributed by atoms with van der Waals surface area (Å²) in [6.45, 7) is 30.0. The van der Waals surface area contributed by atoms with E-state index in [0.717, 1.165) is 33.8 Å². The number of nitrogens with zero attached hydrogens (tertiary/aromatic N) is 1. The Kier molecular flexibility index (Phi) is 11.5. The van der Waals surface area contributed by atoms with Crippen molar-refractivity contribution < 1.29 is 24.1 Å². The van der Waals surface area contributed by atoms with Gasteiger partial charge in [0.25, 0.3) is 0 Å². The number of para-hydroxylation sites is 1. The van der Waals surface area contributed by atoms with E-state index in [1.54, 1.807) is 26.4 Å². The molecule has 3 aromatic rings. The molecule has 1 unspecified atom stereocenters. The van der Waals surface area contributed by atoms with Gasteiger partial charge in [0.05, 0.1) is 20.3 Å². The molecule has 0 radical (unpaired) electrons. The molecule has 0 aliphatic carbocycles. The quantitative estimate of drug-likeness (QED) is 0.222. The van der Waals surface area contributed by atoms with Crippen molar-refractivity contribution in [2.24, 2.45) is 10.9 Å². The highest BCUT2D eigenvalue weighted by molar-refractivity contribution is 5.83. The number of hydrogen-bond donors (Lipinski definition) is 2. The van der Waals surface area contributed by atoms with Crippen molar-refractivity contribution in [2.45, 2.75) is 137 Å². The molecule has 0 saturated carbocycles. The zero-order valence-corrected chi connectivity index (χ0v) is 33.0. The number of aliphatic imine (C=N–C) groups is 1. The number of methoxy groups -OCH3 is 2. The number of phenols is 1. The Morgan fingerprint density at radius 1 is 0.694 bits per heavy atom. The molecule has 0 aromatic heterocycles. The number of halogens is 1. The molecule has 1 atom stereocenters. The van der Waals surface area contributed by atoms with Crippen LogP contribution in [0.15, 0.2) is 47.5 Å². The second kappa shape index (κ2) is 14.1. The van der Waals surface area contributed by atoms with Crippen LogP contribution in [0.1, 0.15) is 142 Å². The Morgan fingerprint density at radius 3 is 1.37 bits per heavy atom. The molecule has 5 nitrogen and oxygen atoms in total. The third kappa shape index (κ3) is 8.51. The number of aromatic hydroxyl groups is 1. The van der Waals surface area contributed by atoms with Crippen LogP contribution >= 0.6 is 0 Å². The van der Waals surface area contributed by atoms with Crippen LogP contribution in [-0.2, 0) is 27.3 Å². The van der Waals surface area contributed by atoms with Crippen LogP contribution in [0.5, 0.6) is 17.2 Å². The molecule has 0 fully saturated rings. The fourth-order valence-corrected chi connectivity index (χ4v) is 6.51. The van der Waals surface area contributed by atoms with E-state index in [2.05, 4.69) is 121 Å². The summed E-state index contributed by atoms with van der Waals surface area (Å²) in [6, 6.07) is 12.0. The van der Waals surface area contributed by atoms with Crippen LogP contribution in [-0.4, -0.2) is 36.7 Å². The fourth-order valence-electron chi connectivity index (χ4n) is 6.51. The summed E-state index contributed by atoms with van der Waals surface area (Å²) in [5.41, 5.74) is 2.60. The molecule has 3 aromatic carbocycles. The monoisotopic (exact) mass is 675 g/mol. The molecule has 0 aliphatic rings. The van der Waals surface area contributed by atoms with Crippen LogP contribution in [0, 0.1) is 11.7 Å². The minimum Gasteiger partial charge on any atom is -0.504 e. The minimum atomic E-state index is -1.66. The van der Waals surface area contributed by atoms with Crippen LogP contribution in [0.3, 0.4) is 0 Å². The summed E-state index contributed by atoms with van der Waals surface area (Å²) < 4.78 is 26.7. The number of phenolic OH excluding ortho intramolecular Hbond substituents is 1. The van der Waals surface area contributed by atoms with Crippen LogP contribution in [0.4, 0.5) is 4.39 Å². The summed E-state index contributed by atoms with van der Waals surface area (Å²) in [5.74, 6) is 0.557. The fraction of sp³-hybridized carbons (Fsp3) is 0.558. The van der Waals surface area contributed by atoms with Gasteiger partial charge in [-0.2, -0.15) is 0 Å². The first-order valence-electron chi connectivity index (χ1n) is 17.5. The molecule has 0 bridgehead atoms. The molecular formula is C43H62FNO4. The van der Waals surface area contributed by atoms with Gasteiger partial charge in [0.2, 0.25) is 0 Å². The normalized spacial score (nSPS) is 14.1. The van der Waals surface area contributed by atoms with E-state index in [4.69, 9.17) is 14.5 Å². The third-order valence-electron chi connectivity index (χ3n) is 9.29. The van der Waals surface area contributed by atoms with Crippen LogP contribution < -0.4 is 9.47 Å². The van der Waals surface area contributed by atoms with E-state index in [0.29, 0.717) is 17.5 Å². The Hall–Kier alpha value is -3.38. The Morgan fingerprint density at radius 2 is 1.06 bits per heavy atom. The maximum atomic E-state index is 14.5. The Labute approximate surface area is 296 Å². The van der Waals surface area contributed by atoms with Gasteiger partial charge in [-0.3, -0.25) is 4.99 Å². The first-order valence-corrected chi connectivity index (χ1v) is 17.5. The summed E-state index contributed by atoms with van der Waals surface area (Å²) in [4.78, 5) is 5.05. The van der Waals surface area contributed by atoms with Crippen molar-refractivity contribution in [3.8, 4) is 17.2 Å². The van der Waals surface area contributed by atoms with Gasteiger partial charge in [-0.25, -0.2) is 4.39 Å². The third-order valence-corrected chi connectivity index (χ3v) is 9.29. The van der Waals surface area contributed by atoms with Gasteiger partial charge in [0.15, 0.2) is 11.6 Å². The van der Waals surface area contributed by atoms with Gasteiger partial charge in [-0.15, -0.1) is 0 Å². The van der Waals surface area contributed by atoms with E-state index >= 15 is 0 Å². The predicted octanol–water partition coefficient (Wildman–Crippen LogP) is 10.5. The minimum absolute atomic E-state index is 0.139. The lowest BCUT2D eigenvalue weighted by Gasteiger charge is -2.40. The van der Waals surface area contributed by atoms with Crippen molar-refractivity contribution >= 4 is 6.21 Å². The second-order valence-electron chi connectivity index (χ2n) is 18.1. The van der Waals surface area contributed by atoms with E-state index in [-0.39, 0.29) is 33.1 Å². The molecule has 0 spiro atoms. The first-order chi connectivity index (χ1) is 22.3. The van der Waals surface area contributed by atoms with Gasteiger partial charge in [0, 0.05) is 34.0 Å². The van der Waals surface area contributed by atoms with Gasteiger partial charge in [0.1, 0.15) is 17.1 Å². The highest BCUT2D eigenvalue weighted by Crippen LogP contribution is 2.49. The molecule has 49 heavy (non-hydrogen) atoms. The molecular weight excluding hydrogens is 613 g/mol. The molecule has 6 heteroatoms. The predicted molar refractivity (Wildman–Crippen MR) is 203 cm³/mol. The summed E-state index contributed by atoms with van der Waals surface area (Å²) in [7, 11) is 3.41. The average Bonchev–Trinajstić information content (AvgIpc) is 2.97. The number of aliphatic hydroxyl groups is 1. The van der Waals surface area contributed by atoms with E-state index < -0.39 is 23.2 Å². The zero-order valence-electron chi connectivity index (χ0n) is 33.0. The van der Waals surface area contributed by atoms with Crippen LogP contribution in [0.25, 0.3) is 0 Å². The van der Waals surface area contributed by atoms with E-state index in [1.807, 2.05) is 0 Å². The first kappa shape index (κ1) is 40.1. The van der Waals surface area contributed by atoms with Crippen LogP contribution in [0.2, 0.25) is 0 Å². The van der Waals surface area contributed by atoms with Gasteiger partial charge >= 0.3 is 0 Å². The lowest BCUT2D eigenvalue weighted by Crippen LogP contribution is -2.42. The van der Waals surface area contributed by atoms with E-state index in [1.165, 1.54) is 12.3 Å². The molecule has 0 amide bonds. The second-order valence-corrected chi connectivity index (χ2v) is 18.1. The maximum Gasteiger partial charge on any atom is 0.165 e. The Balaban J connectivity index is 2.67. The van der Waals surface area contributed by atoms with Crippen molar-refractivity contribution in [2.75, 3.05) is 14.2 Å². The van der Waals surface area contributed by atoms with Gasteiger partial charge in [-0.05, 0) is 81.5 Å². The molecule has 0 saturated heterocycles. The molecule has 0 aliphatic heterocycles. The van der Waals surface area contributed by atoms with Crippen molar-refractivity contribution in [1.82, 2.24) is 0 Å². The molecule has 0 heterocycles. The topological polar surface area (TPSA) is 71.3 Å². The van der Waals surface area contributed by atoms with Gasteiger partial charge < -0.3 is 19.7 Å². The molecule has 3 rings (SSSR count). The number of hydrogen-bond acceptors (Lipinski definition) is 5. The summed E-state index contributed by atoms with van der Waals surface area (Å²) in [6.07, 6.45) is 2.00. The maximum absolute atomic E-state index is 14.5.